The van der Waals surface area contributed by atoms with E-state index in [0.717, 1.165) is 55.9 Å². The van der Waals surface area contributed by atoms with Crippen LogP contribution in [0.4, 0.5) is 5.69 Å². The number of aromatic nitrogens is 6. The van der Waals surface area contributed by atoms with Crippen LogP contribution in [0.5, 0.6) is 0 Å². The topological polar surface area (TPSA) is 120 Å². The zero-order chi connectivity index (χ0) is 25.4. The van der Waals surface area contributed by atoms with Crippen molar-refractivity contribution in [2.45, 2.75) is 32.6 Å². The maximum Gasteiger partial charge on any atom is 0.221 e. The van der Waals surface area contributed by atoms with E-state index < -0.39 is 0 Å². The van der Waals surface area contributed by atoms with Gasteiger partial charge in [0.1, 0.15) is 11.4 Å². The Balaban J connectivity index is 1.32. The van der Waals surface area contributed by atoms with Crippen LogP contribution in [0.1, 0.15) is 32.6 Å². The van der Waals surface area contributed by atoms with E-state index in [9.17, 15) is 0 Å². The number of nitrogens with one attached hydrogen (secondary N) is 2. The molecule has 36 heavy (non-hydrogen) atoms. The van der Waals surface area contributed by atoms with E-state index in [1.165, 1.54) is 0 Å². The van der Waals surface area contributed by atoms with Crippen LogP contribution in [0.25, 0.3) is 23.0 Å². The Morgan fingerprint density at radius 1 is 0.806 bits per heavy atom. The molecule has 0 aliphatic heterocycles. The summed E-state index contributed by atoms with van der Waals surface area (Å²) < 4.78 is 10.9. The Kier molecular flexibility index (Phi) is 11.4. The molecule has 0 spiro atoms. The number of pyridine rings is 2. The van der Waals surface area contributed by atoms with Crippen LogP contribution in [0.2, 0.25) is 0 Å². The molecule has 0 bridgehead atoms. The SMILES string of the molecule is C=C(CCCC(=C)Nc1ccc(-c2nnc(-c3ccccn3)nn2)nc1)NCCOCCOCCC. The lowest BCUT2D eigenvalue weighted by Gasteiger charge is -2.12. The van der Waals surface area contributed by atoms with Crippen molar-refractivity contribution in [2.75, 3.05) is 38.3 Å². The van der Waals surface area contributed by atoms with Crippen molar-refractivity contribution in [2.24, 2.45) is 0 Å². The molecule has 3 aromatic rings. The third-order valence-corrected chi connectivity index (χ3v) is 4.99. The van der Waals surface area contributed by atoms with Gasteiger partial charge in [-0.15, -0.1) is 20.4 Å². The molecule has 3 heterocycles. The monoisotopic (exact) mass is 490 g/mol. The van der Waals surface area contributed by atoms with E-state index >= 15 is 0 Å². The molecule has 10 nitrogen and oxygen atoms in total. The van der Waals surface area contributed by atoms with E-state index in [1.807, 2.05) is 24.3 Å². The lowest BCUT2D eigenvalue weighted by molar-refractivity contribution is 0.0496. The van der Waals surface area contributed by atoms with Gasteiger partial charge in [-0.2, -0.15) is 0 Å². The second-order valence-corrected chi connectivity index (χ2v) is 8.03. The van der Waals surface area contributed by atoms with E-state index in [4.69, 9.17) is 9.47 Å². The van der Waals surface area contributed by atoms with Crippen LogP contribution < -0.4 is 10.6 Å². The zero-order valence-electron chi connectivity index (χ0n) is 20.8. The van der Waals surface area contributed by atoms with Gasteiger partial charge in [-0.1, -0.05) is 26.1 Å². The van der Waals surface area contributed by atoms with Crippen LogP contribution in [0.3, 0.4) is 0 Å². The first kappa shape index (κ1) is 26.8. The Hall–Kier alpha value is -3.76. The summed E-state index contributed by atoms with van der Waals surface area (Å²) in [5.74, 6) is 0.717. The lowest BCUT2D eigenvalue weighted by Crippen LogP contribution is -2.19. The highest BCUT2D eigenvalue weighted by molar-refractivity contribution is 5.55. The lowest BCUT2D eigenvalue weighted by atomic mass is 10.1. The van der Waals surface area contributed by atoms with E-state index in [-0.39, 0.29) is 0 Å². The van der Waals surface area contributed by atoms with Gasteiger partial charge in [-0.05, 0) is 49.9 Å². The van der Waals surface area contributed by atoms with Crippen molar-refractivity contribution in [3.63, 3.8) is 0 Å². The summed E-state index contributed by atoms with van der Waals surface area (Å²) in [4.78, 5) is 8.61. The van der Waals surface area contributed by atoms with Crippen LogP contribution in [0.15, 0.2) is 67.3 Å². The fourth-order valence-electron chi connectivity index (χ4n) is 3.17. The first-order valence-electron chi connectivity index (χ1n) is 12.1. The van der Waals surface area contributed by atoms with Crippen molar-refractivity contribution >= 4 is 5.69 Å². The molecule has 0 atom stereocenters. The van der Waals surface area contributed by atoms with Gasteiger partial charge in [0.05, 0.1) is 31.7 Å². The van der Waals surface area contributed by atoms with E-state index in [0.29, 0.717) is 42.9 Å². The summed E-state index contributed by atoms with van der Waals surface area (Å²) in [5.41, 5.74) is 3.94. The highest BCUT2D eigenvalue weighted by Gasteiger charge is 2.08. The summed E-state index contributed by atoms with van der Waals surface area (Å²) in [6.45, 7) is 13.7. The Morgan fingerprint density at radius 2 is 1.50 bits per heavy atom. The van der Waals surface area contributed by atoms with Crippen LogP contribution >= 0.6 is 0 Å². The Bertz CT molecular complexity index is 1060. The van der Waals surface area contributed by atoms with Gasteiger partial charge in [0.25, 0.3) is 0 Å². The number of hydrogen-bond donors (Lipinski definition) is 2. The van der Waals surface area contributed by atoms with Gasteiger partial charge < -0.3 is 20.1 Å². The van der Waals surface area contributed by atoms with Crippen molar-refractivity contribution in [1.82, 2.24) is 35.7 Å². The second-order valence-electron chi connectivity index (χ2n) is 8.03. The van der Waals surface area contributed by atoms with Crippen LogP contribution in [0, 0.1) is 0 Å². The highest BCUT2D eigenvalue weighted by Crippen LogP contribution is 2.17. The van der Waals surface area contributed by atoms with Gasteiger partial charge in [0, 0.05) is 30.7 Å². The first-order valence-corrected chi connectivity index (χ1v) is 12.1. The van der Waals surface area contributed by atoms with Crippen molar-refractivity contribution in [1.29, 1.82) is 0 Å². The molecule has 190 valence electrons. The molecule has 3 rings (SSSR count). The number of nitrogens with zero attached hydrogens (tertiary/aromatic N) is 6. The molecule has 0 aromatic carbocycles. The van der Waals surface area contributed by atoms with Gasteiger partial charge in [0.2, 0.25) is 11.6 Å². The molecule has 0 saturated carbocycles. The van der Waals surface area contributed by atoms with E-state index in [2.05, 4.69) is 61.1 Å². The molecule has 0 unspecified atom stereocenters. The molecule has 0 saturated heterocycles. The fourth-order valence-corrected chi connectivity index (χ4v) is 3.17. The molecule has 0 aliphatic rings. The molecule has 0 aliphatic carbocycles. The minimum absolute atomic E-state index is 0.348. The number of anilines is 1. The minimum atomic E-state index is 0.348. The Morgan fingerprint density at radius 3 is 2.14 bits per heavy atom. The second kappa shape index (κ2) is 15.3. The smallest absolute Gasteiger partial charge is 0.221 e. The molecule has 0 fully saturated rings. The average molecular weight is 491 g/mol. The number of hydrogen-bond acceptors (Lipinski definition) is 10. The summed E-state index contributed by atoms with van der Waals surface area (Å²) in [6.07, 6.45) is 7.03. The summed E-state index contributed by atoms with van der Waals surface area (Å²) in [6, 6.07) is 9.21. The predicted octanol–water partition coefficient (Wildman–Crippen LogP) is 4.03. The predicted molar refractivity (Wildman–Crippen MR) is 140 cm³/mol. The summed E-state index contributed by atoms with van der Waals surface area (Å²) in [5, 5.41) is 23.0. The third kappa shape index (κ3) is 9.47. The maximum absolute atomic E-state index is 5.52. The van der Waals surface area contributed by atoms with Gasteiger partial charge >= 0.3 is 0 Å². The van der Waals surface area contributed by atoms with Crippen LogP contribution in [-0.2, 0) is 9.47 Å². The summed E-state index contributed by atoms with van der Waals surface area (Å²) >= 11 is 0. The molecule has 2 N–H and O–H groups in total. The average Bonchev–Trinajstić information content (AvgIpc) is 2.91. The van der Waals surface area contributed by atoms with Crippen LogP contribution in [-0.4, -0.2) is 63.3 Å². The van der Waals surface area contributed by atoms with Gasteiger partial charge in [-0.25, -0.2) is 0 Å². The molecule has 0 radical (unpaired) electrons. The molecular formula is C26H34N8O2. The Labute approximate surface area is 212 Å². The van der Waals surface area contributed by atoms with Crippen molar-refractivity contribution in [3.8, 4) is 23.0 Å². The fraction of sp³-hybridized carbons (Fsp3) is 0.385. The number of allylic oxidation sites excluding steroid dienone is 2. The number of ether oxygens (including phenoxy) is 2. The zero-order valence-corrected chi connectivity index (χ0v) is 20.8. The van der Waals surface area contributed by atoms with Gasteiger partial charge in [-0.3, -0.25) is 9.97 Å². The molecule has 10 heteroatoms. The summed E-state index contributed by atoms with van der Waals surface area (Å²) in [7, 11) is 0. The normalized spacial score (nSPS) is 10.7. The molecule has 0 amide bonds. The highest BCUT2D eigenvalue weighted by atomic mass is 16.5. The molecule has 3 aromatic heterocycles. The van der Waals surface area contributed by atoms with Crippen molar-refractivity contribution in [3.05, 3.63) is 67.3 Å². The van der Waals surface area contributed by atoms with E-state index in [1.54, 1.807) is 18.5 Å². The number of rotatable bonds is 17. The quantitative estimate of drug-likeness (QED) is 0.268. The first-order chi connectivity index (χ1) is 17.7. The minimum Gasteiger partial charge on any atom is -0.387 e. The standard InChI is InChI=1S/C26H34N8O2/c1-4-15-35-17-18-36-16-14-27-20(2)8-7-9-21(3)30-22-11-12-24(29-19-22)26-33-31-25(32-34-26)23-10-5-6-13-28-23/h5-6,10-13,19,27,30H,2-4,7-9,14-18H2,1H3. The van der Waals surface area contributed by atoms with Crippen molar-refractivity contribution < 1.29 is 9.47 Å². The maximum atomic E-state index is 5.52. The van der Waals surface area contributed by atoms with Gasteiger partial charge in [0.15, 0.2) is 0 Å². The largest absolute Gasteiger partial charge is 0.387 e. The third-order valence-electron chi connectivity index (χ3n) is 4.99. The molecular weight excluding hydrogens is 456 g/mol.